The van der Waals surface area contributed by atoms with Crippen LogP contribution in [0.2, 0.25) is 0 Å². The molecule has 0 radical (unpaired) electrons. The van der Waals surface area contributed by atoms with Crippen LogP contribution in [0.1, 0.15) is 30.7 Å². The summed E-state index contributed by atoms with van der Waals surface area (Å²) in [6.07, 6.45) is 1.75. The maximum absolute atomic E-state index is 12.5. The van der Waals surface area contributed by atoms with Gasteiger partial charge in [-0.2, -0.15) is 5.26 Å². The second-order valence-corrected chi connectivity index (χ2v) is 7.07. The second kappa shape index (κ2) is 7.77. The summed E-state index contributed by atoms with van der Waals surface area (Å²) in [5.74, 6) is 0.244. The van der Waals surface area contributed by atoms with Gasteiger partial charge in [0.2, 0.25) is 0 Å². The Bertz CT molecular complexity index is 775. The normalized spacial score (nSPS) is 16.0. The van der Waals surface area contributed by atoms with Crippen LogP contribution in [0, 0.1) is 17.2 Å². The van der Waals surface area contributed by atoms with Crippen LogP contribution in [0.25, 0.3) is 11.3 Å². The molecule has 1 aromatic heterocycles. The molecule has 1 heterocycles. The molecule has 0 amide bonds. The van der Waals surface area contributed by atoms with Gasteiger partial charge in [-0.25, -0.2) is 4.98 Å². The minimum atomic E-state index is -0.883. The summed E-state index contributed by atoms with van der Waals surface area (Å²) < 4.78 is 10.8. The van der Waals surface area contributed by atoms with Gasteiger partial charge in [-0.1, -0.05) is 0 Å². The highest BCUT2D eigenvalue weighted by Gasteiger charge is 2.30. The smallest absolute Gasteiger partial charge is 0.185 e. The van der Waals surface area contributed by atoms with Gasteiger partial charge in [0.05, 0.1) is 25.5 Å². The third kappa shape index (κ3) is 4.25. The minimum Gasteiger partial charge on any atom is -0.497 e. The largest absolute Gasteiger partial charge is 0.497 e. The second-order valence-electron chi connectivity index (χ2n) is 6.18. The Hall–Kier alpha value is -2.23. The Balaban J connectivity index is 1.71. The maximum atomic E-state index is 12.5. The Morgan fingerprint density at radius 2 is 2.12 bits per heavy atom. The van der Waals surface area contributed by atoms with Crippen LogP contribution >= 0.6 is 11.3 Å². The highest BCUT2D eigenvalue weighted by Crippen LogP contribution is 2.31. The SMILES string of the molecule is COc1ccc(-c2csc(C(C#N)C(=O)C(C)OCC3CC3)n2)cc1. The van der Waals surface area contributed by atoms with E-state index in [1.807, 2.05) is 29.6 Å². The predicted octanol–water partition coefficient (Wildman–Crippen LogP) is 3.81. The molecule has 3 rings (SSSR count). The van der Waals surface area contributed by atoms with Crippen LogP contribution in [-0.2, 0) is 9.53 Å². The summed E-state index contributed by atoms with van der Waals surface area (Å²) >= 11 is 1.33. The summed E-state index contributed by atoms with van der Waals surface area (Å²) in [6, 6.07) is 9.61. The lowest BCUT2D eigenvalue weighted by Crippen LogP contribution is -2.27. The number of nitriles is 1. The molecule has 0 spiro atoms. The molecule has 1 aliphatic carbocycles. The van der Waals surface area contributed by atoms with E-state index in [0.29, 0.717) is 17.5 Å². The van der Waals surface area contributed by atoms with Crippen molar-refractivity contribution in [1.82, 2.24) is 4.98 Å². The number of Topliss-reactive ketones (excluding diaryl/α,β-unsaturated/α-hetero) is 1. The molecule has 0 bridgehead atoms. The van der Waals surface area contributed by atoms with Gasteiger partial charge in [-0.05, 0) is 49.9 Å². The number of hydrogen-bond acceptors (Lipinski definition) is 6. The van der Waals surface area contributed by atoms with Gasteiger partial charge >= 0.3 is 0 Å². The summed E-state index contributed by atoms with van der Waals surface area (Å²) in [6.45, 7) is 2.31. The molecule has 0 N–H and O–H groups in total. The third-order valence-electron chi connectivity index (χ3n) is 4.25. The minimum absolute atomic E-state index is 0.223. The maximum Gasteiger partial charge on any atom is 0.185 e. The fraction of sp³-hybridized carbons (Fsp3) is 0.421. The zero-order valence-electron chi connectivity index (χ0n) is 14.3. The molecular weight excluding hydrogens is 336 g/mol. The van der Waals surface area contributed by atoms with E-state index >= 15 is 0 Å². The number of ketones is 1. The molecule has 1 fully saturated rings. The molecule has 5 nitrogen and oxygen atoms in total. The molecule has 2 atom stereocenters. The summed E-state index contributed by atoms with van der Waals surface area (Å²) in [5, 5.41) is 11.8. The van der Waals surface area contributed by atoms with Crippen LogP contribution in [-0.4, -0.2) is 30.6 Å². The lowest BCUT2D eigenvalue weighted by molar-refractivity contribution is -0.130. The van der Waals surface area contributed by atoms with E-state index in [1.165, 1.54) is 24.2 Å². The molecule has 2 unspecified atom stereocenters. The number of ether oxygens (including phenoxy) is 2. The lowest BCUT2D eigenvalue weighted by atomic mass is 10.0. The molecule has 6 heteroatoms. The van der Waals surface area contributed by atoms with Crippen molar-refractivity contribution >= 4 is 17.1 Å². The fourth-order valence-electron chi connectivity index (χ4n) is 2.44. The number of nitrogens with zero attached hydrogens (tertiary/aromatic N) is 2. The third-order valence-corrected chi connectivity index (χ3v) is 5.16. The van der Waals surface area contributed by atoms with Crippen molar-refractivity contribution in [2.24, 2.45) is 5.92 Å². The zero-order valence-corrected chi connectivity index (χ0v) is 15.1. The van der Waals surface area contributed by atoms with Crippen LogP contribution in [0.4, 0.5) is 0 Å². The predicted molar refractivity (Wildman–Crippen MR) is 95.6 cm³/mol. The van der Waals surface area contributed by atoms with Crippen molar-refractivity contribution < 1.29 is 14.3 Å². The Kier molecular flexibility index (Phi) is 5.47. The molecule has 25 heavy (non-hydrogen) atoms. The monoisotopic (exact) mass is 356 g/mol. The van der Waals surface area contributed by atoms with E-state index in [2.05, 4.69) is 11.1 Å². The van der Waals surface area contributed by atoms with Gasteiger partial charge in [0.15, 0.2) is 11.7 Å². The van der Waals surface area contributed by atoms with Crippen molar-refractivity contribution in [1.29, 1.82) is 5.26 Å². The van der Waals surface area contributed by atoms with Crippen molar-refractivity contribution in [3.05, 3.63) is 34.7 Å². The van der Waals surface area contributed by atoms with Gasteiger partial charge in [0, 0.05) is 10.9 Å². The van der Waals surface area contributed by atoms with Crippen LogP contribution in [0.3, 0.4) is 0 Å². The number of methoxy groups -OCH3 is 1. The summed E-state index contributed by atoms with van der Waals surface area (Å²) in [4.78, 5) is 17.0. The van der Waals surface area contributed by atoms with Crippen molar-refractivity contribution in [3.8, 4) is 23.1 Å². The summed E-state index contributed by atoms with van der Waals surface area (Å²) in [5.41, 5.74) is 1.67. The summed E-state index contributed by atoms with van der Waals surface area (Å²) in [7, 11) is 1.62. The quantitative estimate of drug-likeness (QED) is 0.719. The highest BCUT2D eigenvalue weighted by molar-refractivity contribution is 7.10. The van der Waals surface area contributed by atoms with E-state index in [-0.39, 0.29) is 5.78 Å². The number of carbonyl (C=O) groups excluding carboxylic acids is 1. The van der Waals surface area contributed by atoms with Gasteiger partial charge in [0.1, 0.15) is 16.9 Å². The number of thiazole rings is 1. The first-order valence-electron chi connectivity index (χ1n) is 8.27. The first-order valence-corrected chi connectivity index (χ1v) is 9.15. The topological polar surface area (TPSA) is 72.2 Å². The molecular formula is C19H20N2O3S. The Morgan fingerprint density at radius 1 is 1.40 bits per heavy atom. The van der Waals surface area contributed by atoms with E-state index < -0.39 is 12.0 Å². The Labute approximate surface area is 151 Å². The van der Waals surface area contributed by atoms with E-state index in [0.717, 1.165) is 17.0 Å². The van der Waals surface area contributed by atoms with Crippen LogP contribution < -0.4 is 4.74 Å². The Morgan fingerprint density at radius 3 is 2.72 bits per heavy atom. The van der Waals surface area contributed by atoms with E-state index in [1.54, 1.807) is 14.0 Å². The highest BCUT2D eigenvalue weighted by atomic mass is 32.1. The molecule has 1 aliphatic rings. The van der Waals surface area contributed by atoms with Crippen LogP contribution in [0.15, 0.2) is 29.6 Å². The van der Waals surface area contributed by atoms with Crippen molar-refractivity contribution in [3.63, 3.8) is 0 Å². The molecule has 1 saturated carbocycles. The van der Waals surface area contributed by atoms with Crippen molar-refractivity contribution in [2.45, 2.75) is 31.8 Å². The lowest BCUT2D eigenvalue weighted by Gasteiger charge is -2.13. The van der Waals surface area contributed by atoms with Gasteiger partial charge in [-0.15, -0.1) is 11.3 Å². The molecule has 1 aromatic carbocycles. The molecule has 2 aromatic rings. The van der Waals surface area contributed by atoms with Gasteiger partial charge in [-0.3, -0.25) is 4.79 Å². The number of hydrogen-bond donors (Lipinski definition) is 0. The van der Waals surface area contributed by atoms with Gasteiger partial charge in [0.25, 0.3) is 0 Å². The fourth-order valence-corrected chi connectivity index (χ4v) is 3.31. The number of carbonyl (C=O) groups is 1. The van der Waals surface area contributed by atoms with Crippen LogP contribution in [0.5, 0.6) is 5.75 Å². The number of rotatable bonds is 8. The number of aromatic nitrogens is 1. The van der Waals surface area contributed by atoms with Gasteiger partial charge < -0.3 is 9.47 Å². The van der Waals surface area contributed by atoms with E-state index in [4.69, 9.17) is 9.47 Å². The molecule has 130 valence electrons. The average molecular weight is 356 g/mol. The van der Waals surface area contributed by atoms with E-state index in [9.17, 15) is 10.1 Å². The number of benzene rings is 1. The first-order chi connectivity index (χ1) is 12.1. The van der Waals surface area contributed by atoms with Crippen molar-refractivity contribution in [2.75, 3.05) is 13.7 Å². The molecule has 0 aliphatic heterocycles. The molecule has 0 saturated heterocycles. The zero-order chi connectivity index (χ0) is 17.8. The standard InChI is InChI=1S/C19H20N2O3S/c1-12(24-10-13-3-4-13)18(22)16(9-20)19-21-17(11-25-19)14-5-7-15(23-2)8-6-14/h5-8,11-13,16H,3-4,10H2,1-2H3. The average Bonchev–Trinajstić information content (AvgIpc) is 3.36. The first kappa shape index (κ1) is 17.6.